The van der Waals surface area contributed by atoms with Crippen molar-refractivity contribution in [3.05, 3.63) is 68.0 Å². The van der Waals surface area contributed by atoms with Crippen molar-refractivity contribution < 1.29 is 9.90 Å². The number of phenols is 1. The van der Waals surface area contributed by atoms with Crippen LogP contribution in [-0.2, 0) is 0 Å². The van der Waals surface area contributed by atoms with Crippen LogP contribution in [0.3, 0.4) is 0 Å². The Morgan fingerprint density at radius 1 is 1.20 bits per heavy atom. The van der Waals surface area contributed by atoms with Crippen molar-refractivity contribution in [3.8, 4) is 16.3 Å². The largest absolute Gasteiger partial charge is 0.506 e. The first-order valence-electron chi connectivity index (χ1n) is 7.07. The minimum atomic E-state index is -0.383. The van der Waals surface area contributed by atoms with Gasteiger partial charge in [-0.3, -0.25) is 4.79 Å². The Balaban J connectivity index is 1.68. The molecule has 1 heterocycles. The van der Waals surface area contributed by atoms with Crippen molar-refractivity contribution in [1.29, 1.82) is 0 Å². The lowest BCUT2D eigenvalue weighted by Gasteiger charge is -2.02. The third-order valence-electron chi connectivity index (χ3n) is 3.18. The lowest BCUT2D eigenvalue weighted by molar-refractivity contribution is 0.0951. The van der Waals surface area contributed by atoms with Crippen molar-refractivity contribution in [1.82, 2.24) is 10.4 Å². The molecule has 2 N–H and O–H groups in total. The van der Waals surface area contributed by atoms with Gasteiger partial charge >= 0.3 is 0 Å². The molecule has 0 atom stereocenters. The third-order valence-corrected chi connectivity index (χ3v) is 5.28. The number of hydrazone groups is 1. The van der Waals surface area contributed by atoms with E-state index in [0.29, 0.717) is 20.2 Å². The zero-order valence-corrected chi connectivity index (χ0v) is 16.6. The fraction of sp³-hybridized carbons (Fsp3) is 0. The number of aromatic nitrogens is 1. The van der Waals surface area contributed by atoms with E-state index >= 15 is 0 Å². The number of nitrogens with one attached hydrogen (secondary N) is 1. The number of hydrogen-bond acceptors (Lipinski definition) is 5. The summed E-state index contributed by atoms with van der Waals surface area (Å²) < 4.78 is 1.06. The second-order valence-electron chi connectivity index (χ2n) is 4.94. The van der Waals surface area contributed by atoms with Crippen LogP contribution in [-0.4, -0.2) is 22.2 Å². The van der Waals surface area contributed by atoms with Crippen molar-refractivity contribution in [2.45, 2.75) is 0 Å². The van der Waals surface area contributed by atoms with Crippen molar-refractivity contribution in [3.63, 3.8) is 0 Å². The third kappa shape index (κ3) is 4.33. The van der Waals surface area contributed by atoms with Gasteiger partial charge in [-0.05, 0) is 49.6 Å². The molecule has 0 aliphatic rings. The molecule has 0 spiro atoms. The maximum atomic E-state index is 12.1. The highest BCUT2D eigenvalue weighted by Crippen LogP contribution is 2.32. The molecule has 2 aromatic carbocycles. The molecule has 0 radical (unpaired) electrons. The lowest BCUT2D eigenvalue weighted by Crippen LogP contribution is -2.17. The topological polar surface area (TPSA) is 74.6 Å². The van der Waals surface area contributed by atoms with E-state index in [-0.39, 0.29) is 11.7 Å². The molecule has 0 saturated heterocycles. The van der Waals surface area contributed by atoms with Gasteiger partial charge in [-0.25, -0.2) is 10.4 Å². The molecule has 0 saturated carbocycles. The summed E-state index contributed by atoms with van der Waals surface area (Å²) in [6, 6.07) is 13.0. The first-order valence-corrected chi connectivity index (χ1v) is 9.53. The summed E-state index contributed by atoms with van der Waals surface area (Å²) in [4.78, 5) is 16.5. The van der Waals surface area contributed by atoms with Crippen LogP contribution in [0.15, 0.2) is 61.9 Å². The standard InChI is InChI=1S/C17H11Br2N3O2S/c18-12-6-10(7-13(19)15(12)23)8-20-22-16(24)14-9-25-17(21-14)11-4-2-1-3-5-11/h1-9,23H,(H,22,24). The molecule has 0 aliphatic heterocycles. The lowest BCUT2D eigenvalue weighted by atomic mass is 10.2. The molecule has 0 unspecified atom stereocenters. The van der Waals surface area contributed by atoms with Crippen LogP contribution < -0.4 is 5.43 Å². The van der Waals surface area contributed by atoms with Crippen LogP contribution >= 0.6 is 43.2 Å². The average Bonchev–Trinajstić information content (AvgIpc) is 3.10. The predicted molar refractivity (Wildman–Crippen MR) is 106 cm³/mol. The van der Waals surface area contributed by atoms with Gasteiger partial charge in [-0.2, -0.15) is 5.10 Å². The molecule has 8 heteroatoms. The van der Waals surface area contributed by atoms with Gasteiger partial charge in [0, 0.05) is 10.9 Å². The summed E-state index contributed by atoms with van der Waals surface area (Å²) in [5.41, 5.74) is 4.44. The molecule has 0 bridgehead atoms. The molecule has 3 rings (SSSR count). The summed E-state index contributed by atoms with van der Waals surface area (Å²) in [7, 11) is 0. The van der Waals surface area contributed by atoms with Crippen molar-refractivity contribution >= 4 is 55.3 Å². The maximum absolute atomic E-state index is 12.1. The predicted octanol–water partition coefficient (Wildman–Crippen LogP) is 4.80. The number of nitrogens with zero attached hydrogens (tertiary/aromatic N) is 2. The van der Waals surface area contributed by atoms with E-state index in [0.717, 1.165) is 10.6 Å². The maximum Gasteiger partial charge on any atom is 0.290 e. The molecule has 1 aromatic heterocycles. The van der Waals surface area contributed by atoms with Crippen LogP contribution in [0.4, 0.5) is 0 Å². The summed E-state index contributed by atoms with van der Waals surface area (Å²) in [6.45, 7) is 0. The Labute approximate surface area is 164 Å². The summed E-state index contributed by atoms with van der Waals surface area (Å²) >= 11 is 7.89. The molecule has 0 fully saturated rings. The molecule has 3 aromatic rings. The molecule has 5 nitrogen and oxygen atoms in total. The Hall–Kier alpha value is -2.03. The normalized spacial score (nSPS) is 11.0. The van der Waals surface area contributed by atoms with Gasteiger partial charge in [-0.15, -0.1) is 11.3 Å². The van der Waals surface area contributed by atoms with E-state index in [1.54, 1.807) is 17.5 Å². The quantitative estimate of drug-likeness (QED) is 0.415. The van der Waals surface area contributed by atoms with E-state index in [1.807, 2.05) is 30.3 Å². The van der Waals surface area contributed by atoms with Crippen LogP contribution in [0.5, 0.6) is 5.75 Å². The van der Waals surface area contributed by atoms with Gasteiger partial charge in [0.15, 0.2) is 0 Å². The van der Waals surface area contributed by atoms with E-state index < -0.39 is 0 Å². The van der Waals surface area contributed by atoms with E-state index in [1.165, 1.54) is 17.6 Å². The number of carbonyl (C=O) groups excluding carboxylic acids is 1. The molecule has 126 valence electrons. The van der Waals surface area contributed by atoms with E-state index in [9.17, 15) is 9.90 Å². The first kappa shape index (κ1) is 17.8. The Kier molecular flexibility index (Phi) is 5.62. The fourth-order valence-corrected chi connectivity index (χ4v) is 4.00. The monoisotopic (exact) mass is 479 g/mol. The number of thiazole rings is 1. The Morgan fingerprint density at radius 3 is 2.56 bits per heavy atom. The highest BCUT2D eigenvalue weighted by atomic mass is 79.9. The highest BCUT2D eigenvalue weighted by Gasteiger charge is 2.11. The Bertz CT molecular complexity index is 919. The molecular formula is C17H11Br2N3O2S. The second kappa shape index (κ2) is 7.90. The number of rotatable bonds is 4. The zero-order valence-electron chi connectivity index (χ0n) is 12.6. The van der Waals surface area contributed by atoms with Crippen LogP contribution in [0.1, 0.15) is 16.1 Å². The summed E-state index contributed by atoms with van der Waals surface area (Å²) in [5, 5.41) is 16.1. The number of amides is 1. The Morgan fingerprint density at radius 2 is 1.88 bits per heavy atom. The number of hydrogen-bond donors (Lipinski definition) is 2. The van der Waals surface area contributed by atoms with Crippen LogP contribution in [0, 0.1) is 0 Å². The molecule has 25 heavy (non-hydrogen) atoms. The van der Waals surface area contributed by atoms with Gasteiger partial charge in [0.2, 0.25) is 0 Å². The smallest absolute Gasteiger partial charge is 0.290 e. The van der Waals surface area contributed by atoms with Crippen molar-refractivity contribution in [2.75, 3.05) is 0 Å². The first-order chi connectivity index (χ1) is 12.0. The molecule has 1 amide bonds. The highest BCUT2D eigenvalue weighted by molar-refractivity contribution is 9.11. The fourth-order valence-electron chi connectivity index (χ4n) is 1.97. The number of halogens is 2. The zero-order chi connectivity index (χ0) is 17.8. The van der Waals surface area contributed by atoms with Gasteiger partial charge in [-0.1, -0.05) is 30.3 Å². The van der Waals surface area contributed by atoms with E-state index in [2.05, 4.69) is 47.4 Å². The SMILES string of the molecule is O=C(NN=Cc1cc(Br)c(O)c(Br)c1)c1csc(-c2ccccc2)n1. The van der Waals surface area contributed by atoms with E-state index in [4.69, 9.17) is 0 Å². The van der Waals surface area contributed by atoms with Crippen molar-refractivity contribution in [2.24, 2.45) is 5.10 Å². The number of benzene rings is 2. The van der Waals surface area contributed by atoms with Gasteiger partial charge in [0.1, 0.15) is 16.5 Å². The minimum Gasteiger partial charge on any atom is -0.506 e. The van der Waals surface area contributed by atoms with Gasteiger partial charge in [0.05, 0.1) is 15.2 Å². The molecule has 0 aliphatic carbocycles. The summed E-state index contributed by atoms with van der Waals surface area (Å²) in [6.07, 6.45) is 1.48. The number of carbonyl (C=O) groups is 1. The number of phenolic OH excluding ortho intramolecular Hbond substituents is 1. The van der Waals surface area contributed by atoms with Crippen LogP contribution in [0.25, 0.3) is 10.6 Å². The van der Waals surface area contributed by atoms with Crippen LogP contribution in [0.2, 0.25) is 0 Å². The molecular weight excluding hydrogens is 470 g/mol. The summed E-state index contributed by atoms with van der Waals surface area (Å²) in [5.74, 6) is -0.274. The van der Waals surface area contributed by atoms with Gasteiger partial charge in [0.25, 0.3) is 5.91 Å². The van der Waals surface area contributed by atoms with Gasteiger partial charge < -0.3 is 5.11 Å². The second-order valence-corrected chi connectivity index (χ2v) is 7.50. The average molecular weight is 481 g/mol. The minimum absolute atomic E-state index is 0.108. The number of aromatic hydroxyl groups is 1.